The van der Waals surface area contributed by atoms with E-state index < -0.39 is 10.0 Å². The molecule has 0 saturated heterocycles. The first kappa shape index (κ1) is 24.4. The number of aliphatic imine (C=N–C) groups is 1. The zero-order chi connectivity index (χ0) is 20.8. The van der Waals surface area contributed by atoms with Gasteiger partial charge in [-0.15, -0.1) is 0 Å². The van der Waals surface area contributed by atoms with E-state index in [1.54, 1.807) is 31.3 Å². The molecule has 160 valence electrons. The Hall–Kier alpha value is -1.64. The van der Waals surface area contributed by atoms with Crippen molar-refractivity contribution in [3.63, 3.8) is 0 Å². The monoisotopic (exact) mass is 412 g/mol. The van der Waals surface area contributed by atoms with Gasteiger partial charge in [-0.1, -0.05) is 44.7 Å². The van der Waals surface area contributed by atoms with Crippen LogP contribution >= 0.6 is 0 Å². The molecule has 0 bridgehead atoms. The molecule has 8 heteroatoms. The van der Waals surface area contributed by atoms with Gasteiger partial charge in [-0.05, 0) is 31.0 Å². The normalized spacial score (nSPS) is 13.4. The topological polar surface area (TPSA) is 91.8 Å². The minimum Gasteiger partial charge on any atom is -0.383 e. The first-order chi connectivity index (χ1) is 13.4. The van der Waals surface area contributed by atoms with Crippen LogP contribution in [-0.2, 0) is 21.3 Å². The Morgan fingerprint density at radius 1 is 1.18 bits per heavy atom. The van der Waals surface area contributed by atoms with E-state index in [0.717, 1.165) is 17.9 Å². The number of nitrogens with one attached hydrogen (secondary N) is 3. The molecule has 0 spiro atoms. The van der Waals surface area contributed by atoms with Gasteiger partial charge >= 0.3 is 0 Å². The minimum atomic E-state index is -3.50. The van der Waals surface area contributed by atoms with Crippen LogP contribution in [0.25, 0.3) is 0 Å². The SMILES string of the molecule is CCCCCCC(C)NC(=NC)NCc1ccc(S(=O)(=O)NCCOC)cc1. The van der Waals surface area contributed by atoms with Crippen molar-refractivity contribution in [2.24, 2.45) is 4.99 Å². The molecular weight excluding hydrogens is 376 g/mol. The summed E-state index contributed by atoms with van der Waals surface area (Å²) < 4.78 is 31.7. The molecule has 0 aliphatic carbocycles. The molecule has 0 aromatic heterocycles. The van der Waals surface area contributed by atoms with Gasteiger partial charge in [-0.3, -0.25) is 4.99 Å². The molecule has 1 rings (SSSR count). The molecule has 0 radical (unpaired) electrons. The summed E-state index contributed by atoms with van der Waals surface area (Å²) >= 11 is 0. The third-order valence-corrected chi connectivity index (χ3v) is 5.87. The van der Waals surface area contributed by atoms with Crippen molar-refractivity contribution < 1.29 is 13.2 Å². The van der Waals surface area contributed by atoms with Gasteiger partial charge in [0.25, 0.3) is 0 Å². The lowest BCUT2D eigenvalue weighted by atomic mass is 10.1. The largest absolute Gasteiger partial charge is 0.383 e. The van der Waals surface area contributed by atoms with Crippen LogP contribution in [0.5, 0.6) is 0 Å². The van der Waals surface area contributed by atoms with E-state index in [4.69, 9.17) is 4.74 Å². The van der Waals surface area contributed by atoms with E-state index >= 15 is 0 Å². The smallest absolute Gasteiger partial charge is 0.240 e. The maximum Gasteiger partial charge on any atom is 0.240 e. The highest BCUT2D eigenvalue weighted by molar-refractivity contribution is 7.89. The zero-order valence-electron chi connectivity index (χ0n) is 17.6. The number of unbranched alkanes of at least 4 members (excludes halogenated alkanes) is 3. The van der Waals surface area contributed by atoms with Crippen LogP contribution < -0.4 is 15.4 Å². The Balaban J connectivity index is 2.48. The molecule has 0 aliphatic rings. The van der Waals surface area contributed by atoms with Gasteiger partial charge < -0.3 is 15.4 Å². The molecule has 0 fully saturated rings. The van der Waals surface area contributed by atoms with Crippen LogP contribution in [-0.4, -0.2) is 47.7 Å². The lowest BCUT2D eigenvalue weighted by molar-refractivity contribution is 0.204. The van der Waals surface area contributed by atoms with Crippen LogP contribution in [0.4, 0.5) is 0 Å². The van der Waals surface area contributed by atoms with E-state index in [-0.39, 0.29) is 11.4 Å². The summed E-state index contributed by atoms with van der Waals surface area (Å²) in [5.74, 6) is 0.751. The molecule has 0 aliphatic heterocycles. The maximum absolute atomic E-state index is 12.2. The Morgan fingerprint density at radius 2 is 1.89 bits per heavy atom. The van der Waals surface area contributed by atoms with Crippen molar-refractivity contribution in [3.05, 3.63) is 29.8 Å². The van der Waals surface area contributed by atoms with Gasteiger partial charge in [0.05, 0.1) is 11.5 Å². The van der Waals surface area contributed by atoms with Crippen molar-refractivity contribution in [3.8, 4) is 0 Å². The number of hydrogen-bond acceptors (Lipinski definition) is 4. The zero-order valence-corrected chi connectivity index (χ0v) is 18.4. The number of rotatable bonds is 13. The van der Waals surface area contributed by atoms with Gasteiger partial charge in [0.15, 0.2) is 5.96 Å². The van der Waals surface area contributed by atoms with Crippen molar-refractivity contribution in [2.75, 3.05) is 27.3 Å². The highest BCUT2D eigenvalue weighted by Gasteiger charge is 2.13. The Morgan fingerprint density at radius 3 is 2.50 bits per heavy atom. The first-order valence-electron chi connectivity index (χ1n) is 9.97. The fourth-order valence-corrected chi connectivity index (χ4v) is 3.72. The van der Waals surface area contributed by atoms with Crippen molar-refractivity contribution in [2.45, 2.75) is 63.4 Å². The summed E-state index contributed by atoms with van der Waals surface area (Å²) in [7, 11) is -0.217. The lowest BCUT2D eigenvalue weighted by Crippen LogP contribution is -2.41. The second-order valence-corrected chi connectivity index (χ2v) is 8.62. The number of sulfonamides is 1. The van der Waals surface area contributed by atoms with Crippen molar-refractivity contribution >= 4 is 16.0 Å². The van der Waals surface area contributed by atoms with Crippen LogP contribution in [0.1, 0.15) is 51.5 Å². The predicted molar refractivity (Wildman–Crippen MR) is 115 cm³/mol. The molecule has 3 N–H and O–H groups in total. The Bertz CT molecular complexity index is 675. The molecular formula is C20H36N4O3S. The highest BCUT2D eigenvalue weighted by Crippen LogP contribution is 2.10. The summed E-state index contributed by atoms with van der Waals surface area (Å²) in [6.07, 6.45) is 6.13. The van der Waals surface area contributed by atoms with Crippen LogP contribution in [0.2, 0.25) is 0 Å². The van der Waals surface area contributed by atoms with E-state index in [9.17, 15) is 8.42 Å². The molecule has 0 saturated carbocycles. The quantitative estimate of drug-likeness (QED) is 0.263. The standard InChI is InChI=1S/C20H36N4O3S/c1-5-6-7-8-9-17(2)24-20(21-3)22-16-18-10-12-19(13-11-18)28(25,26)23-14-15-27-4/h10-13,17,23H,5-9,14-16H2,1-4H3,(H2,21,22,24). The Labute approximate surface area is 170 Å². The van der Waals surface area contributed by atoms with E-state index in [2.05, 4.69) is 34.2 Å². The van der Waals surface area contributed by atoms with Gasteiger partial charge in [-0.2, -0.15) is 0 Å². The minimum absolute atomic E-state index is 0.246. The number of hydrogen-bond donors (Lipinski definition) is 3. The molecule has 28 heavy (non-hydrogen) atoms. The number of guanidine groups is 1. The van der Waals surface area contributed by atoms with Crippen LogP contribution in [0.3, 0.4) is 0 Å². The summed E-state index contributed by atoms with van der Waals surface area (Å²) in [4.78, 5) is 4.51. The van der Waals surface area contributed by atoms with Crippen molar-refractivity contribution in [1.82, 2.24) is 15.4 Å². The van der Waals surface area contributed by atoms with E-state index in [1.165, 1.54) is 32.8 Å². The van der Waals surface area contributed by atoms with Gasteiger partial charge in [0.2, 0.25) is 10.0 Å². The fraction of sp³-hybridized carbons (Fsp3) is 0.650. The average Bonchev–Trinajstić information content (AvgIpc) is 2.69. The fourth-order valence-electron chi connectivity index (χ4n) is 2.71. The number of methoxy groups -OCH3 is 1. The maximum atomic E-state index is 12.2. The Kier molecular flexibility index (Phi) is 11.8. The molecule has 1 atom stereocenters. The number of ether oxygens (including phenoxy) is 1. The van der Waals surface area contributed by atoms with Gasteiger partial charge in [-0.25, -0.2) is 13.1 Å². The molecule has 1 aromatic carbocycles. The van der Waals surface area contributed by atoms with Crippen LogP contribution in [0, 0.1) is 0 Å². The summed E-state index contributed by atoms with van der Waals surface area (Å²) in [6.45, 7) is 5.53. The molecule has 7 nitrogen and oxygen atoms in total. The number of nitrogens with zero attached hydrogens (tertiary/aromatic N) is 1. The van der Waals surface area contributed by atoms with E-state index in [0.29, 0.717) is 19.2 Å². The third kappa shape index (κ3) is 9.52. The third-order valence-electron chi connectivity index (χ3n) is 4.39. The van der Waals surface area contributed by atoms with Gasteiger partial charge in [0.1, 0.15) is 0 Å². The predicted octanol–water partition coefficient (Wildman–Crippen LogP) is 2.64. The molecule has 0 heterocycles. The average molecular weight is 413 g/mol. The molecule has 1 aromatic rings. The van der Waals surface area contributed by atoms with E-state index in [1.807, 2.05) is 0 Å². The second-order valence-electron chi connectivity index (χ2n) is 6.86. The summed E-state index contributed by atoms with van der Waals surface area (Å²) in [6, 6.07) is 7.18. The van der Waals surface area contributed by atoms with Crippen molar-refractivity contribution in [1.29, 1.82) is 0 Å². The summed E-state index contributed by atoms with van der Waals surface area (Å²) in [5.41, 5.74) is 0.981. The molecule has 1 unspecified atom stereocenters. The number of benzene rings is 1. The van der Waals surface area contributed by atoms with Crippen LogP contribution in [0.15, 0.2) is 34.2 Å². The second kappa shape index (κ2) is 13.5. The van der Waals surface area contributed by atoms with Gasteiger partial charge in [0, 0.05) is 33.3 Å². The highest BCUT2D eigenvalue weighted by atomic mass is 32.2. The first-order valence-corrected chi connectivity index (χ1v) is 11.5. The molecule has 0 amide bonds. The lowest BCUT2D eigenvalue weighted by Gasteiger charge is -2.18. The summed E-state index contributed by atoms with van der Waals surface area (Å²) in [5, 5.41) is 6.67.